The maximum Gasteiger partial charge on any atom is 0.0503 e. The van der Waals surface area contributed by atoms with Crippen molar-refractivity contribution >= 4 is 43.8 Å². The summed E-state index contributed by atoms with van der Waals surface area (Å²) < 4.78 is 0. The normalized spacial score (nSPS) is 18.4. The number of para-hydroxylation sites is 1. The number of nitrogens with one attached hydrogen (secondary N) is 1. The van der Waals surface area contributed by atoms with Crippen LogP contribution in [-0.4, -0.2) is 9.81 Å². The molecule has 1 aliphatic carbocycles. The number of hydrogen-bond donors (Lipinski definition) is 1. The van der Waals surface area contributed by atoms with Gasteiger partial charge in [0.15, 0.2) is 0 Å². The fourth-order valence-corrected chi connectivity index (χ4v) is 3.32. The Kier molecular flexibility index (Phi) is 2.15. The number of allylic oxidation sites excluding steroid dienone is 1. The van der Waals surface area contributed by atoms with E-state index in [0.717, 1.165) is 6.42 Å². The smallest absolute Gasteiger partial charge is 0.0503 e. The van der Waals surface area contributed by atoms with Gasteiger partial charge < -0.3 is 4.98 Å². The summed E-state index contributed by atoms with van der Waals surface area (Å²) in [5, 5.41) is 2.65. The van der Waals surface area contributed by atoms with Gasteiger partial charge in [0, 0.05) is 21.1 Å². The zero-order valence-corrected chi connectivity index (χ0v) is 11.4. The average Bonchev–Trinajstić information content (AvgIpc) is 2.78. The molecule has 1 aromatic heterocycles. The van der Waals surface area contributed by atoms with Crippen molar-refractivity contribution in [3.05, 3.63) is 53.6 Å². The van der Waals surface area contributed by atoms with Crippen LogP contribution in [0.5, 0.6) is 0 Å². The Morgan fingerprint density at radius 3 is 2.89 bits per heavy atom. The first kappa shape index (κ1) is 10.4. The van der Waals surface area contributed by atoms with Gasteiger partial charge in [-0.05, 0) is 23.6 Å². The van der Waals surface area contributed by atoms with Gasteiger partial charge in [-0.1, -0.05) is 58.4 Å². The maximum absolute atomic E-state index is 3.69. The maximum atomic E-state index is 3.69. The highest BCUT2D eigenvalue weighted by atomic mass is 79.9. The van der Waals surface area contributed by atoms with Crippen molar-refractivity contribution < 1.29 is 0 Å². The van der Waals surface area contributed by atoms with Crippen LogP contribution in [0.3, 0.4) is 0 Å². The van der Waals surface area contributed by atoms with Gasteiger partial charge in [-0.3, -0.25) is 0 Å². The first-order valence-electron chi connectivity index (χ1n) is 6.17. The Hall–Kier alpha value is -1.54. The molecule has 3 aromatic rings. The lowest BCUT2D eigenvalue weighted by molar-refractivity contribution is 1.03. The second-order valence-electron chi connectivity index (χ2n) is 4.81. The van der Waals surface area contributed by atoms with Gasteiger partial charge in [0.1, 0.15) is 0 Å². The number of benzene rings is 2. The summed E-state index contributed by atoms with van der Waals surface area (Å²) in [6.07, 6.45) is 5.48. The molecule has 4 rings (SSSR count). The van der Waals surface area contributed by atoms with Crippen LogP contribution in [0.1, 0.15) is 11.1 Å². The molecule has 2 heteroatoms. The molecule has 1 heterocycles. The SMILES string of the molecule is BrC1C=Cc2ccc3c([nH]c4ccccc43)c2C1. The molecule has 1 aliphatic rings. The van der Waals surface area contributed by atoms with Crippen LogP contribution >= 0.6 is 15.9 Å². The largest absolute Gasteiger partial charge is 0.354 e. The molecule has 88 valence electrons. The van der Waals surface area contributed by atoms with Gasteiger partial charge in [-0.25, -0.2) is 0 Å². The predicted molar refractivity (Wildman–Crippen MR) is 81.3 cm³/mol. The van der Waals surface area contributed by atoms with Gasteiger partial charge in [-0.15, -0.1) is 0 Å². The van der Waals surface area contributed by atoms with Gasteiger partial charge in [-0.2, -0.15) is 0 Å². The van der Waals surface area contributed by atoms with Crippen LogP contribution in [0.4, 0.5) is 0 Å². The number of halogens is 1. The van der Waals surface area contributed by atoms with Crippen LogP contribution in [0, 0.1) is 0 Å². The number of hydrogen-bond acceptors (Lipinski definition) is 0. The molecular weight excluding hydrogens is 286 g/mol. The fourth-order valence-electron chi connectivity index (χ4n) is 2.84. The van der Waals surface area contributed by atoms with Gasteiger partial charge in [0.05, 0.1) is 5.52 Å². The molecule has 0 saturated heterocycles. The summed E-state index contributed by atoms with van der Waals surface area (Å²) in [7, 11) is 0. The van der Waals surface area contributed by atoms with E-state index in [0.29, 0.717) is 4.83 Å². The summed E-state index contributed by atoms with van der Waals surface area (Å²) in [6, 6.07) is 13.0. The Bertz CT molecular complexity index is 782. The van der Waals surface area contributed by atoms with E-state index in [1.165, 1.54) is 32.9 Å². The molecule has 0 bridgehead atoms. The van der Waals surface area contributed by atoms with Crippen LogP contribution < -0.4 is 0 Å². The first-order valence-corrected chi connectivity index (χ1v) is 7.09. The molecule has 0 radical (unpaired) electrons. The Balaban J connectivity index is 2.14. The monoisotopic (exact) mass is 297 g/mol. The lowest BCUT2D eigenvalue weighted by Crippen LogP contribution is -2.05. The molecule has 0 fully saturated rings. The average molecular weight is 298 g/mol. The minimum absolute atomic E-state index is 0.446. The molecule has 0 amide bonds. The zero-order chi connectivity index (χ0) is 12.1. The molecule has 1 atom stereocenters. The lowest BCUT2D eigenvalue weighted by Gasteiger charge is -2.15. The molecule has 1 nitrogen and oxygen atoms in total. The van der Waals surface area contributed by atoms with E-state index in [4.69, 9.17) is 0 Å². The third-order valence-corrected chi connectivity index (χ3v) is 4.34. The number of rotatable bonds is 0. The quantitative estimate of drug-likeness (QED) is 0.581. The molecule has 2 aromatic carbocycles. The highest BCUT2D eigenvalue weighted by molar-refractivity contribution is 9.09. The Morgan fingerprint density at radius 1 is 1.06 bits per heavy atom. The van der Waals surface area contributed by atoms with Gasteiger partial charge in [0.2, 0.25) is 0 Å². The van der Waals surface area contributed by atoms with Crippen molar-refractivity contribution in [2.45, 2.75) is 11.2 Å². The van der Waals surface area contributed by atoms with Crippen molar-refractivity contribution in [1.29, 1.82) is 0 Å². The summed E-state index contributed by atoms with van der Waals surface area (Å²) in [6.45, 7) is 0. The number of H-pyrrole nitrogens is 1. The molecule has 0 saturated carbocycles. The summed E-state index contributed by atoms with van der Waals surface area (Å²) >= 11 is 3.69. The molecule has 1 N–H and O–H groups in total. The van der Waals surface area contributed by atoms with Crippen molar-refractivity contribution in [1.82, 2.24) is 4.98 Å². The van der Waals surface area contributed by atoms with Crippen LogP contribution in [0.25, 0.3) is 27.9 Å². The highest BCUT2D eigenvalue weighted by Crippen LogP contribution is 2.33. The third kappa shape index (κ3) is 1.39. The third-order valence-electron chi connectivity index (χ3n) is 3.71. The lowest BCUT2D eigenvalue weighted by atomic mass is 9.95. The molecular formula is C16H12BrN. The first-order chi connectivity index (χ1) is 8.83. The number of aromatic amines is 1. The molecule has 0 spiro atoms. The second-order valence-corrected chi connectivity index (χ2v) is 5.98. The topological polar surface area (TPSA) is 15.8 Å². The van der Waals surface area contributed by atoms with E-state index in [9.17, 15) is 0 Å². The van der Waals surface area contributed by atoms with E-state index in [2.05, 4.69) is 69.5 Å². The summed E-state index contributed by atoms with van der Waals surface area (Å²) in [5.74, 6) is 0. The van der Waals surface area contributed by atoms with Crippen molar-refractivity contribution in [2.24, 2.45) is 0 Å². The van der Waals surface area contributed by atoms with Crippen molar-refractivity contribution in [3.8, 4) is 0 Å². The fraction of sp³-hybridized carbons (Fsp3) is 0.125. The van der Waals surface area contributed by atoms with Crippen LogP contribution in [0.2, 0.25) is 0 Å². The van der Waals surface area contributed by atoms with E-state index < -0.39 is 0 Å². The highest BCUT2D eigenvalue weighted by Gasteiger charge is 2.16. The molecule has 1 unspecified atom stereocenters. The Labute approximate surface area is 114 Å². The van der Waals surface area contributed by atoms with Crippen molar-refractivity contribution in [2.75, 3.05) is 0 Å². The van der Waals surface area contributed by atoms with Crippen LogP contribution in [-0.2, 0) is 6.42 Å². The van der Waals surface area contributed by atoms with Gasteiger partial charge >= 0.3 is 0 Å². The summed E-state index contributed by atoms with van der Waals surface area (Å²) in [4.78, 5) is 4.02. The Morgan fingerprint density at radius 2 is 1.94 bits per heavy atom. The van der Waals surface area contributed by atoms with E-state index in [1.807, 2.05) is 0 Å². The molecule has 0 aliphatic heterocycles. The summed E-state index contributed by atoms with van der Waals surface area (Å²) in [5.41, 5.74) is 5.28. The molecule has 18 heavy (non-hydrogen) atoms. The van der Waals surface area contributed by atoms with Crippen LogP contribution in [0.15, 0.2) is 42.5 Å². The number of fused-ring (bicyclic) bond motifs is 5. The number of alkyl halides is 1. The van der Waals surface area contributed by atoms with E-state index in [1.54, 1.807) is 0 Å². The minimum atomic E-state index is 0.446. The second kappa shape index (κ2) is 3.72. The van der Waals surface area contributed by atoms with E-state index >= 15 is 0 Å². The van der Waals surface area contributed by atoms with Crippen molar-refractivity contribution in [3.63, 3.8) is 0 Å². The zero-order valence-electron chi connectivity index (χ0n) is 9.78. The predicted octanol–water partition coefficient (Wildman–Crippen LogP) is 4.65. The van der Waals surface area contributed by atoms with E-state index in [-0.39, 0.29) is 0 Å². The number of aromatic nitrogens is 1. The standard InChI is InChI=1S/C16H12BrN/c17-11-7-5-10-6-8-13-12-3-1-2-4-15(12)18-16(13)14(10)9-11/h1-8,11,18H,9H2. The van der Waals surface area contributed by atoms with Gasteiger partial charge in [0.25, 0.3) is 0 Å². The minimum Gasteiger partial charge on any atom is -0.354 e.